The molecule has 120 valence electrons. The zero-order chi connectivity index (χ0) is 16.3. The molecule has 0 radical (unpaired) electrons. The summed E-state index contributed by atoms with van der Waals surface area (Å²) in [5, 5.41) is 0.379. The Labute approximate surface area is 135 Å². The maximum Gasteiger partial charge on any atom is 0.338 e. The molecule has 6 heteroatoms. The Bertz CT molecular complexity index is 567. The summed E-state index contributed by atoms with van der Waals surface area (Å²) in [6.07, 6.45) is 1.12. The zero-order valence-corrected chi connectivity index (χ0v) is 13.6. The van der Waals surface area contributed by atoms with Crippen molar-refractivity contribution in [2.24, 2.45) is 11.8 Å². The van der Waals surface area contributed by atoms with Gasteiger partial charge in [0.2, 0.25) is 0 Å². The number of nitrogens with zero attached hydrogens (tertiary/aromatic N) is 1. The molecule has 2 rings (SSSR count). The predicted octanol–water partition coefficient (Wildman–Crippen LogP) is 2.58. The first-order valence-corrected chi connectivity index (χ1v) is 7.74. The van der Waals surface area contributed by atoms with E-state index in [2.05, 4.69) is 13.8 Å². The van der Waals surface area contributed by atoms with Crippen molar-refractivity contribution in [3.05, 3.63) is 28.8 Å². The molecule has 2 atom stereocenters. The Morgan fingerprint density at radius 2 is 1.95 bits per heavy atom. The van der Waals surface area contributed by atoms with Crippen LogP contribution in [0.15, 0.2) is 18.2 Å². The van der Waals surface area contributed by atoms with Gasteiger partial charge < -0.3 is 15.4 Å². The van der Waals surface area contributed by atoms with Crippen molar-refractivity contribution in [1.82, 2.24) is 4.90 Å². The predicted molar refractivity (Wildman–Crippen MR) is 85.7 cm³/mol. The summed E-state index contributed by atoms with van der Waals surface area (Å²) in [5.74, 6) is 0.211. The highest BCUT2D eigenvalue weighted by molar-refractivity contribution is 6.33. The standard InChI is InChI=1S/C16H21ClN2O3/c1-10-5-11(2)8-19(7-10)15(20)9-22-16(21)12-3-4-13(17)14(18)6-12/h3-4,6,10-11H,5,7-9,18H2,1-2H3/t10-,11-/m1/s1. The van der Waals surface area contributed by atoms with Crippen LogP contribution in [-0.2, 0) is 9.53 Å². The maximum absolute atomic E-state index is 12.1. The first-order valence-electron chi connectivity index (χ1n) is 7.36. The molecule has 1 aromatic carbocycles. The summed E-state index contributed by atoms with van der Waals surface area (Å²) in [4.78, 5) is 25.8. The van der Waals surface area contributed by atoms with Crippen molar-refractivity contribution in [3.63, 3.8) is 0 Å². The van der Waals surface area contributed by atoms with Crippen molar-refractivity contribution in [1.29, 1.82) is 0 Å². The zero-order valence-electron chi connectivity index (χ0n) is 12.8. The number of amides is 1. The number of hydrogen-bond acceptors (Lipinski definition) is 4. The van der Waals surface area contributed by atoms with Crippen LogP contribution in [0.2, 0.25) is 5.02 Å². The van der Waals surface area contributed by atoms with Crippen LogP contribution < -0.4 is 5.73 Å². The van der Waals surface area contributed by atoms with E-state index in [4.69, 9.17) is 22.1 Å². The van der Waals surface area contributed by atoms with Crippen LogP contribution in [0.3, 0.4) is 0 Å². The van der Waals surface area contributed by atoms with Gasteiger partial charge in [-0.05, 0) is 36.5 Å². The van der Waals surface area contributed by atoms with Crippen LogP contribution in [0.4, 0.5) is 5.69 Å². The van der Waals surface area contributed by atoms with Gasteiger partial charge >= 0.3 is 5.97 Å². The lowest BCUT2D eigenvalue weighted by atomic mass is 9.92. The van der Waals surface area contributed by atoms with Gasteiger partial charge in [-0.1, -0.05) is 25.4 Å². The molecule has 0 aliphatic carbocycles. The van der Waals surface area contributed by atoms with Crippen molar-refractivity contribution < 1.29 is 14.3 Å². The molecule has 0 spiro atoms. The number of piperidine rings is 1. The Hall–Kier alpha value is -1.75. The van der Waals surface area contributed by atoms with Crippen molar-refractivity contribution in [2.75, 3.05) is 25.4 Å². The molecule has 1 amide bonds. The molecule has 1 saturated heterocycles. The molecule has 1 fully saturated rings. The van der Waals surface area contributed by atoms with Crippen LogP contribution in [0.5, 0.6) is 0 Å². The van der Waals surface area contributed by atoms with Crippen LogP contribution in [0, 0.1) is 11.8 Å². The average molecular weight is 325 g/mol. The number of hydrogen-bond donors (Lipinski definition) is 1. The normalized spacial score (nSPS) is 21.5. The number of carbonyl (C=O) groups excluding carboxylic acids is 2. The second-order valence-electron chi connectivity index (χ2n) is 6.06. The molecule has 1 aliphatic heterocycles. The Morgan fingerprint density at radius 3 is 2.55 bits per heavy atom. The third-order valence-electron chi connectivity index (χ3n) is 3.78. The van der Waals surface area contributed by atoms with Crippen LogP contribution in [-0.4, -0.2) is 36.5 Å². The third-order valence-corrected chi connectivity index (χ3v) is 4.12. The molecule has 22 heavy (non-hydrogen) atoms. The second-order valence-corrected chi connectivity index (χ2v) is 6.46. The minimum Gasteiger partial charge on any atom is -0.452 e. The quantitative estimate of drug-likeness (QED) is 0.685. The van der Waals surface area contributed by atoms with E-state index in [1.807, 2.05) is 0 Å². The minimum absolute atomic E-state index is 0.159. The van der Waals surface area contributed by atoms with Crippen LogP contribution >= 0.6 is 11.6 Å². The van der Waals surface area contributed by atoms with Crippen molar-refractivity contribution in [3.8, 4) is 0 Å². The van der Waals surface area contributed by atoms with Gasteiger partial charge in [0.1, 0.15) is 0 Å². The molecule has 5 nitrogen and oxygen atoms in total. The maximum atomic E-state index is 12.1. The number of halogens is 1. The molecule has 0 saturated carbocycles. The molecular formula is C16H21ClN2O3. The van der Waals surface area contributed by atoms with Gasteiger partial charge in [-0.2, -0.15) is 0 Å². The number of carbonyl (C=O) groups is 2. The molecule has 2 N–H and O–H groups in total. The van der Waals surface area contributed by atoms with E-state index in [0.29, 0.717) is 35.6 Å². The van der Waals surface area contributed by atoms with Gasteiger partial charge in [-0.3, -0.25) is 4.79 Å². The number of rotatable bonds is 3. The lowest BCUT2D eigenvalue weighted by Gasteiger charge is -2.34. The Kier molecular flexibility index (Phi) is 5.29. The summed E-state index contributed by atoms with van der Waals surface area (Å²) in [5.41, 5.74) is 6.24. The highest BCUT2D eigenvalue weighted by Crippen LogP contribution is 2.22. The highest BCUT2D eigenvalue weighted by atomic mass is 35.5. The third kappa shape index (κ3) is 4.13. The molecule has 1 aromatic rings. The van der Waals surface area contributed by atoms with Gasteiger partial charge in [0, 0.05) is 13.1 Å². The summed E-state index contributed by atoms with van der Waals surface area (Å²) >= 11 is 5.80. The minimum atomic E-state index is -0.574. The molecule has 0 aromatic heterocycles. The molecular weight excluding hydrogens is 304 g/mol. The summed E-state index contributed by atoms with van der Waals surface area (Å²) in [6, 6.07) is 4.50. The van der Waals surface area contributed by atoms with Gasteiger partial charge in [0.15, 0.2) is 6.61 Å². The molecule has 0 bridgehead atoms. The first-order chi connectivity index (χ1) is 10.4. The van der Waals surface area contributed by atoms with E-state index in [9.17, 15) is 9.59 Å². The van der Waals surface area contributed by atoms with E-state index in [1.54, 1.807) is 4.90 Å². The number of nitrogens with two attached hydrogens (primary N) is 1. The van der Waals surface area contributed by atoms with Gasteiger partial charge in [0.05, 0.1) is 16.3 Å². The van der Waals surface area contributed by atoms with Gasteiger partial charge in [-0.25, -0.2) is 4.79 Å². The molecule has 1 heterocycles. The number of likely N-dealkylation sites (tertiary alicyclic amines) is 1. The fourth-order valence-electron chi connectivity index (χ4n) is 2.84. The number of nitrogen functional groups attached to an aromatic ring is 1. The first kappa shape index (κ1) is 16.6. The summed E-state index contributed by atoms with van der Waals surface area (Å²) in [7, 11) is 0. The number of benzene rings is 1. The van der Waals surface area contributed by atoms with Crippen LogP contribution in [0.1, 0.15) is 30.6 Å². The van der Waals surface area contributed by atoms with E-state index in [1.165, 1.54) is 18.2 Å². The van der Waals surface area contributed by atoms with E-state index in [-0.39, 0.29) is 18.1 Å². The van der Waals surface area contributed by atoms with E-state index >= 15 is 0 Å². The molecule has 0 unspecified atom stereocenters. The van der Waals surface area contributed by atoms with Crippen molar-refractivity contribution >= 4 is 29.2 Å². The monoisotopic (exact) mass is 324 g/mol. The number of ether oxygens (including phenoxy) is 1. The molecule has 1 aliphatic rings. The fourth-order valence-corrected chi connectivity index (χ4v) is 2.96. The lowest BCUT2D eigenvalue weighted by molar-refractivity contribution is -0.137. The largest absolute Gasteiger partial charge is 0.452 e. The van der Waals surface area contributed by atoms with Gasteiger partial charge in [-0.15, -0.1) is 0 Å². The number of esters is 1. The number of anilines is 1. The van der Waals surface area contributed by atoms with E-state index in [0.717, 1.165) is 6.42 Å². The Morgan fingerprint density at radius 1 is 1.32 bits per heavy atom. The fraction of sp³-hybridized carbons (Fsp3) is 0.500. The van der Waals surface area contributed by atoms with Crippen LogP contribution in [0.25, 0.3) is 0 Å². The smallest absolute Gasteiger partial charge is 0.338 e. The van der Waals surface area contributed by atoms with Gasteiger partial charge in [0.25, 0.3) is 5.91 Å². The van der Waals surface area contributed by atoms with Crippen molar-refractivity contribution in [2.45, 2.75) is 20.3 Å². The average Bonchev–Trinajstić information content (AvgIpc) is 2.46. The SMILES string of the molecule is C[C@@H]1C[C@@H](C)CN(C(=O)COC(=O)c2ccc(Cl)c(N)c2)C1. The van der Waals surface area contributed by atoms with E-state index < -0.39 is 5.97 Å². The lowest BCUT2D eigenvalue weighted by Crippen LogP contribution is -2.44. The summed E-state index contributed by atoms with van der Waals surface area (Å²) < 4.78 is 5.08. The highest BCUT2D eigenvalue weighted by Gasteiger charge is 2.26. The second kappa shape index (κ2) is 7.01. The Balaban J connectivity index is 1.90. The topological polar surface area (TPSA) is 72.6 Å². The summed E-state index contributed by atoms with van der Waals surface area (Å²) in [6.45, 7) is 5.43.